The molecule has 4 N–H and O–H groups in total. The molecule has 2 aliphatic rings. The Morgan fingerprint density at radius 3 is 3.00 bits per heavy atom. The molecule has 0 amide bonds. The van der Waals surface area contributed by atoms with Gasteiger partial charge in [0, 0.05) is 30.9 Å². The molecule has 0 radical (unpaired) electrons. The third kappa shape index (κ3) is 1.65. The summed E-state index contributed by atoms with van der Waals surface area (Å²) in [6, 6.07) is 1.99. The smallest absolute Gasteiger partial charge is 0.259 e. The van der Waals surface area contributed by atoms with Gasteiger partial charge >= 0.3 is 0 Å². The minimum absolute atomic E-state index is 0.0631. The van der Waals surface area contributed by atoms with E-state index in [4.69, 9.17) is 5.14 Å². The summed E-state index contributed by atoms with van der Waals surface area (Å²) in [5, 5.41) is 12.2. The van der Waals surface area contributed by atoms with Crippen LogP contribution in [0.2, 0.25) is 0 Å². The van der Waals surface area contributed by atoms with Gasteiger partial charge in [0.25, 0.3) is 10.0 Å². The first-order valence-corrected chi connectivity index (χ1v) is 6.88. The molecule has 0 unspecified atom stereocenters. The lowest BCUT2D eigenvalue weighted by Crippen LogP contribution is -2.35. The summed E-state index contributed by atoms with van der Waals surface area (Å²) in [5.74, 6) is 0. The zero-order chi connectivity index (χ0) is 12.0. The topological polar surface area (TPSA) is 102 Å². The first-order chi connectivity index (χ1) is 8.07. The molecule has 0 saturated heterocycles. The van der Waals surface area contributed by atoms with E-state index in [2.05, 4.69) is 15.8 Å². The summed E-state index contributed by atoms with van der Waals surface area (Å²) >= 11 is 0. The Kier molecular flexibility index (Phi) is 2.25. The number of hydrazone groups is 1. The lowest BCUT2D eigenvalue weighted by Gasteiger charge is -2.21. The highest BCUT2D eigenvalue weighted by Crippen LogP contribution is 2.22. The summed E-state index contributed by atoms with van der Waals surface area (Å²) in [7, 11) is -3.80. The number of fused-ring (bicyclic) bond motifs is 3. The van der Waals surface area contributed by atoms with Gasteiger partial charge in [-0.3, -0.25) is 0 Å². The number of rotatable bonds is 0. The average molecular weight is 255 g/mol. The van der Waals surface area contributed by atoms with E-state index in [0.29, 0.717) is 12.2 Å². The number of nitrogens with zero attached hydrogens (tertiary/aromatic N) is 2. The maximum atomic E-state index is 11.5. The number of hydrogen-bond donors (Lipinski definition) is 3. The summed E-state index contributed by atoms with van der Waals surface area (Å²) < 4.78 is 25.0. The molecule has 7 nitrogen and oxygen atoms in total. The Bertz CT molecular complexity index is 601. The Morgan fingerprint density at radius 1 is 1.41 bits per heavy atom. The van der Waals surface area contributed by atoms with Crippen LogP contribution < -0.4 is 15.9 Å². The van der Waals surface area contributed by atoms with Crippen LogP contribution in [0.15, 0.2) is 11.2 Å². The van der Waals surface area contributed by atoms with Gasteiger partial charge in [0.1, 0.15) is 0 Å². The van der Waals surface area contributed by atoms with Crippen molar-refractivity contribution in [2.75, 3.05) is 6.54 Å². The summed E-state index contributed by atoms with van der Waals surface area (Å²) in [5.41, 5.74) is 5.35. The fourth-order valence-corrected chi connectivity index (χ4v) is 3.01. The third-order valence-electron chi connectivity index (χ3n) is 3.00. The monoisotopic (exact) mass is 255 g/mol. The van der Waals surface area contributed by atoms with E-state index in [-0.39, 0.29) is 5.04 Å². The van der Waals surface area contributed by atoms with Gasteiger partial charge in [0.15, 0.2) is 0 Å². The number of primary sulfonamides is 1. The number of sulfonamides is 1. The van der Waals surface area contributed by atoms with E-state index in [0.717, 1.165) is 30.9 Å². The SMILES string of the molecule is NS(=O)(=O)C1=NNCc2cc3n(c21)CCNC3. The average Bonchev–Trinajstić information content (AvgIpc) is 2.65. The van der Waals surface area contributed by atoms with E-state index in [1.54, 1.807) is 0 Å². The van der Waals surface area contributed by atoms with Crippen molar-refractivity contribution in [1.29, 1.82) is 0 Å². The molecule has 0 saturated carbocycles. The van der Waals surface area contributed by atoms with Gasteiger partial charge in [-0.25, -0.2) is 13.6 Å². The lowest BCUT2D eigenvalue weighted by atomic mass is 10.2. The highest BCUT2D eigenvalue weighted by Gasteiger charge is 2.29. The van der Waals surface area contributed by atoms with E-state index in [1.807, 2.05) is 10.6 Å². The second-order valence-corrected chi connectivity index (χ2v) is 5.61. The van der Waals surface area contributed by atoms with Crippen molar-refractivity contribution in [3.8, 4) is 0 Å². The van der Waals surface area contributed by atoms with Gasteiger partial charge in [-0.1, -0.05) is 0 Å². The number of nitrogens with two attached hydrogens (primary N) is 1. The minimum Gasteiger partial charge on any atom is -0.340 e. The highest BCUT2D eigenvalue weighted by atomic mass is 32.2. The van der Waals surface area contributed by atoms with Crippen LogP contribution in [-0.2, 0) is 29.7 Å². The van der Waals surface area contributed by atoms with Crippen molar-refractivity contribution in [3.63, 3.8) is 0 Å². The molecule has 8 heteroatoms. The van der Waals surface area contributed by atoms with Crippen LogP contribution in [0.4, 0.5) is 0 Å². The predicted molar refractivity (Wildman–Crippen MR) is 62.6 cm³/mol. The normalized spacial score (nSPS) is 19.0. The van der Waals surface area contributed by atoms with Crippen LogP contribution >= 0.6 is 0 Å². The maximum Gasteiger partial charge on any atom is 0.259 e. The van der Waals surface area contributed by atoms with Crippen LogP contribution in [0, 0.1) is 0 Å². The highest BCUT2D eigenvalue weighted by molar-refractivity contribution is 8.05. The third-order valence-corrected chi connectivity index (χ3v) is 3.83. The van der Waals surface area contributed by atoms with Gasteiger partial charge in [-0.05, 0) is 6.07 Å². The standard InChI is InChI=1S/C9H13N5O2S/c10-17(15,16)9-8-6(4-12-13-9)3-7-5-11-1-2-14(7)8/h3,11-12H,1-2,4-5H2,(H2,10,15,16). The molecule has 3 heterocycles. The van der Waals surface area contributed by atoms with Crippen molar-refractivity contribution >= 4 is 15.1 Å². The van der Waals surface area contributed by atoms with E-state index < -0.39 is 10.0 Å². The number of aromatic nitrogens is 1. The maximum absolute atomic E-state index is 11.5. The van der Waals surface area contributed by atoms with E-state index >= 15 is 0 Å². The molecule has 0 fully saturated rings. The molecule has 92 valence electrons. The van der Waals surface area contributed by atoms with Crippen molar-refractivity contribution in [1.82, 2.24) is 15.3 Å². The molecule has 0 aromatic carbocycles. The molecular formula is C9H13N5O2S. The molecule has 2 aliphatic heterocycles. The summed E-state index contributed by atoms with van der Waals surface area (Å²) in [6.45, 7) is 2.83. The van der Waals surface area contributed by atoms with Crippen LogP contribution in [0.3, 0.4) is 0 Å². The van der Waals surface area contributed by atoms with Gasteiger partial charge < -0.3 is 15.3 Å². The summed E-state index contributed by atoms with van der Waals surface area (Å²) in [6.07, 6.45) is 0. The van der Waals surface area contributed by atoms with Gasteiger partial charge in [-0.15, -0.1) is 0 Å². The Labute approximate surface area is 98.7 Å². The van der Waals surface area contributed by atoms with Crippen molar-refractivity contribution in [2.24, 2.45) is 10.2 Å². The molecular weight excluding hydrogens is 242 g/mol. The molecule has 0 atom stereocenters. The Balaban J connectivity index is 2.22. The van der Waals surface area contributed by atoms with Gasteiger partial charge in [0.2, 0.25) is 5.04 Å². The zero-order valence-electron chi connectivity index (χ0n) is 9.10. The number of hydrogen-bond acceptors (Lipinski definition) is 5. The van der Waals surface area contributed by atoms with Crippen LogP contribution in [0.5, 0.6) is 0 Å². The quantitative estimate of drug-likeness (QED) is 0.533. The second kappa shape index (κ2) is 3.56. The first kappa shape index (κ1) is 10.8. The minimum atomic E-state index is -3.80. The van der Waals surface area contributed by atoms with Crippen LogP contribution in [0.1, 0.15) is 17.0 Å². The Hall–Kier alpha value is -1.38. The molecule has 1 aromatic heterocycles. The van der Waals surface area contributed by atoms with Crippen molar-refractivity contribution < 1.29 is 8.42 Å². The molecule has 3 rings (SSSR count). The molecule has 0 spiro atoms. The van der Waals surface area contributed by atoms with Gasteiger partial charge in [-0.2, -0.15) is 5.10 Å². The number of nitrogens with one attached hydrogen (secondary N) is 2. The second-order valence-electron chi connectivity index (χ2n) is 4.13. The zero-order valence-corrected chi connectivity index (χ0v) is 9.92. The van der Waals surface area contributed by atoms with Crippen molar-refractivity contribution in [2.45, 2.75) is 19.6 Å². The molecule has 1 aromatic rings. The summed E-state index contributed by atoms with van der Waals surface area (Å²) in [4.78, 5) is 0. The predicted octanol–water partition coefficient (Wildman–Crippen LogP) is -1.36. The molecule has 0 bridgehead atoms. The van der Waals surface area contributed by atoms with Crippen LogP contribution in [-0.4, -0.2) is 24.6 Å². The van der Waals surface area contributed by atoms with E-state index in [9.17, 15) is 8.42 Å². The fourth-order valence-electron chi connectivity index (χ4n) is 2.31. The van der Waals surface area contributed by atoms with E-state index in [1.165, 1.54) is 0 Å². The largest absolute Gasteiger partial charge is 0.340 e. The van der Waals surface area contributed by atoms with Gasteiger partial charge in [0.05, 0.1) is 12.2 Å². The van der Waals surface area contributed by atoms with Crippen molar-refractivity contribution in [3.05, 3.63) is 23.0 Å². The molecule has 0 aliphatic carbocycles. The lowest BCUT2D eigenvalue weighted by molar-refractivity contribution is 0.513. The fraction of sp³-hybridized carbons (Fsp3) is 0.444. The first-order valence-electron chi connectivity index (χ1n) is 5.33. The molecule has 17 heavy (non-hydrogen) atoms. The van der Waals surface area contributed by atoms with Crippen LogP contribution in [0.25, 0.3) is 0 Å². The Morgan fingerprint density at radius 2 is 2.24 bits per heavy atom.